The second-order valence-corrected chi connectivity index (χ2v) is 7.36. The predicted octanol–water partition coefficient (Wildman–Crippen LogP) is 2.66. The average Bonchev–Trinajstić information content (AvgIpc) is 3.09. The van der Waals surface area contributed by atoms with Gasteiger partial charge in [-0.25, -0.2) is 0 Å². The molecule has 146 valence electrons. The third-order valence-electron chi connectivity index (χ3n) is 5.11. The summed E-state index contributed by atoms with van der Waals surface area (Å²) in [6, 6.07) is 13.0. The van der Waals surface area contributed by atoms with E-state index < -0.39 is 6.10 Å². The van der Waals surface area contributed by atoms with Gasteiger partial charge in [0.15, 0.2) is 0 Å². The van der Waals surface area contributed by atoms with Crippen molar-refractivity contribution in [1.82, 2.24) is 9.88 Å². The third kappa shape index (κ3) is 3.46. The van der Waals surface area contributed by atoms with Crippen LogP contribution >= 0.6 is 11.6 Å². The van der Waals surface area contributed by atoms with Gasteiger partial charge in [-0.1, -0.05) is 23.7 Å². The highest BCUT2D eigenvalue weighted by molar-refractivity contribution is 6.31. The molecule has 7 heteroatoms. The molecule has 0 bridgehead atoms. The minimum atomic E-state index is -0.913. The number of aliphatic hydroxyl groups is 2. The Morgan fingerprint density at radius 2 is 2.07 bits per heavy atom. The Morgan fingerprint density at radius 3 is 2.79 bits per heavy atom. The van der Waals surface area contributed by atoms with Crippen molar-refractivity contribution < 1.29 is 19.7 Å². The Kier molecular flexibility index (Phi) is 5.26. The fourth-order valence-corrected chi connectivity index (χ4v) is 3.91. The van der Waals surface area contributed by atoms with E-state index in [1.165, 1.54) is 5.56 Å². The van der Waals surface area contributed by atoms with E-state index in [0.717, 1.165) is 35.0 Å². The summed E-state index contributed by atoms with van der Waals surface area (Å²) >= 11 is 6.18. The van der Waals surface area contributed by atoms with Gasteiger partial charge in [-0.15, -0.1) is 0 Å². The summed E-state index contributed by atoms with van der Waals surface area (Å²) in [5.41, 5.74) is 4.15. The van der Waals surface area contributed by atoms with E-state index in [1.54, 1.807) is 17.0 Å². The first-order valence-corrected chi connectivity index (χ1v) is 9.51. The maximum absolute atomic E-state index is 11.7. The molecule has 4 rings (SSSR count). The van der Waals surface area contributed by atoms with E-state index in [1.807, 2.05) is 30.3 Å². The van der Waals surface area contributed by atoms with Crippen molar-refractivity contribution in [1.29, 1.82) is 0 Å². The van der Waals surface area contributed by atoms with E-state index in [2.05, 4.69) is 4.98 Å². The summed E-state index contributed by atoms with van der Waals surface area (Å²) in [6.45, 7) is 0.301. The van der Waals surface area contributed by atoms with E-state index >= 15 is 0 Å². The number of nitrogens with zero attached hydrogens (tertiary/aromatic N) is 1. The summed E-state index contributed by atoms with van der Waals surface area (Å²) in [6.07, 6.45) is 0.739. The number of nitrogens with one attached hydrogen (secondary N) is 1. The Labute approximate surface area is 167 Å². The normalized spacial score (nSPS) is 17.4. The number of benzene rings is 2. The number of hydrogen-bond acceptors (Lipinski definition) is 4. The number of halogens is 1. The number of carbonyl (C=O) groups is 1. The molecule has 1 aliphatic rings. The van der Waals surface area contributed by atoms with Crippen LogP contribution in [-0.2, 0) is 11.2 Å². The Bertz CT molecular complexity index is 986. The lowest BCUT2D eigenvalue weighted by molar-refractivity contribution is -0.120. The lowest BCUT2D eigenvalue weighted by Gasteiger charge is -2.33. The van der Waals surface area contributed by atoms with E-state index in [0.29, 0.717) is 17.3 Å². The quantitative estimate of drug-likeness (QED) is 0.555. The van der Waals surface area contributed by atoms with Crippen molar-refractivity contribution >= 4 is 28.9 Å². The summed E-state index contributed by atoms with van der Waals surface area (Å²) in [4.78, 5) is 17.0. The van der Waals surface area contributed by atoms with Gasteiger partial charge in [0, 0.05) is 28.2 Å². The van der Waals surface area contributed by atoms with Crippen LogP contribution < -0.4 is 4.74 Å². The molecule has 0 radical (unpaired) electrons. The van der Waals surface area contributed by atoms with Gasteiger partial charge in [-0.05, 0) is 47.9 Å². The van der Waals surface area contributed by atoms with Crippen molar-refractivity contribution in [3.8, 4) is 5.75 Å². The first-order chi connectivity index (χ1) is 13.6. The van der Waals surface area contributed by atoms with Crippen LogP contribution in [0.2, 0.25) is 5.02 Å². The van der Waals surface area contributed by atoms with Crippen LogP contribution in [0.15, 0.2) is 42.5 Å². The zero-order valence-corrected chi connectivity index (χ0v) is 15.9. The highest BCUT2D eigenvalue weighted by Crippen LogP contribution is 2.38. The van der Waals surface area contributed by atoms with Crippen molar-refractivity contribution in [3.05, 3.63) is 64.3 Å². The molecule has 0 aliphatic carbocycles. The number of aliphatic hydroxyl groups excluding tert-OH is 2. The molecule has 1 aliphatic heterocycles. The molecule has 0 spiro atoms. The molecule has 0 fully saturated rings. The Hall–Kier alpha value is -2.54. The first kappa shape index (κ1) is 18.8. The molecule has 3 N–H and O–H groups in total. The highest BCUT2D eigenvalue weighted by atomic mass is 35.5. The van der Waals surface area contributed by atoms with E-state index in [-0.39, 0.29) is 19.3 Å². The average molecular weight is 401 g/mol. The molecule has 2 atom stereocenters. The van der Waals surface area contributed by atoms with Crippen LogP contribution in [0, 0.1) is 0 Å². The third-order valence-corrected chi connectivity index (χ3v) is 5.35. The molecule has 3 aromatic rings. The molecule has 1 amide bonds. The summed E-state index contributed by atoms with van der Waals surface area (Å²) in [5.74, 6) is 0.591. The summed E-state index contributed by atoms with van der Waals surface area (Å²) < 4.78 is 5.47. The standard InChI is InChI=1S/C21H21ClN2O4/c22-14-3-6-19-18(9-14)17-7-8-24(12-26)21(20(17)23-19)13-1-4-16(5-2-13)28-11-15(27)10-25/h1-6,9,12,15,21,23,25,27H,7-8,10-11H2. The SMILES string of the molecule is O=CN1CCc2c([nH]c3ccc(Cl)cc23)C1c1ccc(OCC(O)CO)cc1. The van der Waals surface area contributed by atoms with Gasteiger partial charge in [-0.2, -0.15) is 0 Å². The molecule has 1 aromatic heterocycles. The lowest BCUT2D eigenvalue weighted by Crippen LogP contribution is -2.34. The van der Waals surface area contributed by atoms with E-state index in [4.69, 9.17) is 21.4 Å². The lowest BCUT2D eigenvalue weighted by atomic mass is 9.93. The maximum Gasteiger partial charge on any atom is 0.210 e. The number of aromatic nitrogens is 1. The monoisotopic (exact) mass is 400 g/mol. The summed E-state index contributed by atoms with van der Waals surface area (Å²) in [5, 5.41) is 20.1. The van der Waals surface area contributed by atoms with Crippen molar-refractivity contribution in [2.24, 2.45) is 0 Å². The molecule has 6 nitrogen and oxygen atoms in total. The van der Waals surface area contributed by atoms with Crippen molar-refractivity contribution in [2.45, 2.75) is 18.6 Å². The fourth-order valence-electron chi connectivity index (χ4n) is 3.74. The van der Waals surface area contributed by atoms with Gasteiger partial charge in [0.05, 0.1) is 12.6 Å². The van der Waals surface area contributed by atoms with Crippen LogP contribution in [0.1, 0.15) is 22.9 Å². The fraction of sp³-hybridized carbons (Fsp3) is 0.286. The Morgan fingerprint density at radius 1 is 1.29 bits per heavy atom. The van der Waals surface area contributed by atoms with Crippen LogP contribution in [0.3, 0.4) is 0 Å². The van der Waals surface area contributed by atoms with Gasteiger partial charge in [0.25, 0.3) is 0 Å². The van der Waals surface area contributed by atoms with Gasteiger partial charge in [-0.3, -0.25) is 4.79 Å². The number of ether oxygens (including phenoxy) is 1. The molecule has 2 unspecified atom stereocenters. The number of fused-ring (bicyclic) bond motifs is 3. The minimum Gasteiger partial charge on any atom is -0.491 e. The number of hydrogen-bond donors (Lipinski definition) is 3. The number of H-pyrrole nitrogens is 1. The van der Waals surface area contributed by atoms with E-state index in [9.17, 15) is 9.90 Å². The van der Waals surface area contributed by atoms with Crippen molar-refractivity contribution in [2.75, 3.05) is 19.8 Å². The van der Waals surface area contributed by atoms with Crippen LogP contribution in [0.5, 0.6) is 5.75 Å². The minimum absolute atomic E-state index is 0.0205. The molecule has 0 saturated heterocycles. The first-order valence-electron chi connectivity index (χ1n) is 9.13. The largest absolute Gasteiger partial charge is 0.491 e. The van der Waals surface area contributed by atoms with Crippen LogP contribution in [0.25, 0.3) is 10.9 Å². The number of rotatable bonds is 6. The second kappa shape index (κ2) is 7.83. The zero-order chi connectivity index (χ0) is 19.7. The molecular formula is C21H21ClN2O4. The van der Waals surface area contributed by atoms with Gasteiger partial charge >= 0.3 is 0 Å². The van der Waals surface area contributed by atoms with Crippen LogP contribution in [0.4, 0.5) is 0 Å². The van der Waals surface area contributed by atoms with Crippen molar-refractivity contribution in [3.63, 3.8) is 0 Å². The van der Waals surface area contributed by atoms with Gasteiger partial charge in [0.1, 0.15) is 18.5 Å². The van der Waals surface area contributed by atoms with Crippen LogP contribution in [-0.4, -0.2) is 52.4 Å². The van der Waals surface area contributed by atoms with Gasteiger partial charge in [0.2, 0.25) is 6.41 Å². The topological polar surface area (TPSA) is 85.8 Å². The molecule has 2 aromatic carbocycles. The van der Waals surface area contributed by atoms with Gasteiger partial charge < -0.3 is 24.8 Å². The summed E-state index contributed by atoms with van der Waals surface area (Å²) in [7, 11) is 0. The molecular weight excluding hydrogens is 380 g/mol. The highest BCUT2D eigenvalue weighted by Gasteiger charge is 2.31. The number of aromatic amines is 1. The maximum atomic E-state index is 11.7. The number of carbonyl (C=O) groups excluding carboxylic acids is 1. The number of amides is 1. The smallest absolute Gasteiger partial charge is 0.210 e. The second-order valence-electron chi connectivity index (χ2n) is 6.92. The zero-order valence-electron chi connectivity index (χ0n) is 15.1. The molecule has 0 saturated carbocycles. The molecule has 2 heterocycles. The molecule has 28 heavy (non-hydrogen) atoms. The predicted molar refractivity (Wildman–Crippen MR) is 107 cm³/mol. The Balaban J connectivity index is 1.68.